The van der Waals surface area contributed by atoms with Gasteiger partial charge in [0, 0.05) is 24.7 Å². The van der Waals surface area contributed by atoms with Crippen molar-refractivity contribution >= 4 is 0 Å². The zero-order chi connectivity index (χ0) is 12.3. The van der Waals surface area contributed by atoms with E-state index in [0.717, 1.165) is 12.1 Å². The van der Waals surface area contributed by atoms with Gasteiger partial charge in [0.05, 0.1) is 0 Å². The van der Waals surface area contributed by atoms with Crippen molar-refractivity contribution in [2.75, 3.05) is 33.2 Å². The number of nitrogens with zero attached hydrogens (tertiary/aromatic N) is 2. The third-order valence-electron chi connectivity index (χ3n) is 4.37. The highest BCUT2D eigenvalue weighted by Crippen LogP contribution is 2.16. The minimum Gasteiger partial charge on any atom is -0.310 e. The number of likely N-dealkylation sites (tertiary alicyclic amines) is 2. The van der Waals surface area contributed by atoms with Gasteiger partial charge in [-0.05, 0) is 66.2 Å². The highest BCUT2D eigenvalue weighted by molar-refractivity contribution is 4.85. The maximum absolute atomic E-state index is 3.89. The lowest BCUT2D eigenvalue weighted by Gasteiger charge is -2.39. The minimum atomic E-state index is 0.706. The fraction of sp³-hybridized carbons (Fsp3) is 1.00. The molecule has 100 valence electrons. The van der Waals surface area contributed by atoms with E-state index in [-0.39, 0.29) is 0 Å². The van der Waals surface area contributed by atoms with Gasteiger partial charge < -0.3 is 10.2 Å². The fourth-order valence-corrected chi connectivity index (χ4v) is 3.12. The molecule has 0 amide bonds. The smallest absolute Gasteiger partial charge is 0.0198 e. The maximum atomic E-state index is 3.89. The molecular weight excluding hydrogens is 210 g/mol. The molecule has 0 aromatic rings. The summed E-state index contributed by atoms with van der Waals surface area (Å²) in [6.07, 6.45) is 5.39. The third-order valence-corrected chi connectivity index (χ3v) is 4.37. The van der Waals surface area contributed by atoms with Crippen molar-refractivity contribution in [1.82, 2.24) is 15.1 Å². The number of rotatable bonds is 3. The molecular formula is C14H29N3. The van der Waals surface area contributed by atoms with Crippen molar-refractivity contribution in [3.63, 3.8) is 0 Å². The van der Waals surface area contributed by atoms with Crippen LogP contribution in [0.2, 0.25) is 0 Å². The van der Waals surface area contributed by atoms with Crippen LogP contribution in [0.1, 0.15) is 39.5 Å². The van der Waals surface area contributed by atoms with E-state index in [1.807, 2.05) is 0 Å². The zero-order valence-corrected chi connectivity index (χ0v) is 11.8. The van der Waals surface area contributed by atoms with Gasteiger partial charge in [-0.2, -0.15) is 0 Å². The van der Waals surface area contributed by atoms with Crippen LogP contribution in [-0.4, -0.2) is 61.2 Å². The molecule has 17 heavy (non-hydrogen) atoms. The van der Waals surface area contributed by atoms with Crippen LogP contribution in [-0.2, 0) is 0 Å². The van der Waals surface area contributed by atoms with Gasteiger partial charge in [-0.3, -0.25) is 4.90 Å². The predicted octanol–water partition coefficient (Wildman–Crippen LogP) is 1.54. The molecule has 0 aliphatic carbocycles. The molecule has 2 rings (SSSR count). The van der Waals surface area contributed by atoms with Crippen LogP contribution < -0.4 is 5.32 Å². The maximum Gasteiger partial charge on any atom is 0.0198 e. The Kier molecular flexibility index (Phi) is 4.83. The first-order valence-electron chi connectivity index (χ1n) is 7.34. The summed E-state index contributed by atoms with van der Waals surface area (Å²) in [5.41, 5.74) is 0. The van der Waals surface area contributed by atoms with E-state index in [2.05, 4.69) is 36.0 Å². The largest absolute Gasteiger partial charge is 0.310 e. The molecule has 2 saturated heterocycles. The molecule has 0 saturated carbocycles. The molecule has 2 heterocycles. The fourth-order valence-electron chi connectivity index (χ4n) is 3.12. The van der Waals surface area contributed by atoms with Crippen LogP contribution >= 0.6 is 0 Å². The lowest BCUT2D eigenvalue weighted by Crippen LogP contribution is -2.52. The van der Waals surface area contributed by atoms with E-state index in [1.54, 1.807) is 0 Å². The summed E-state index contributed by atoms with van der Waals surface area (Å²) in [4.78, 5) is 5.07. The van der Waals surface area contributed by atoms with Gasteiger partial charge in [0.15, 0.2) is 0 Å². The molecule has 2 aliphatic rings. The van der Waals surface area contributed by atoms with Crippen LogP contribution in [0.3, 0.4) is 0 Å². The molecule has 0 aromatic carbocycles. The molecule has 2 aliphatic heterocycles. The van der Waals surface area contributed by atoms with Crippen LogP contribution in [0.25, 0.3) is 0 Å². The molecule has 0 spiro atoms. The Morgan fingerprint density at radius 3 is 2.35 bits per heavy atom. The van der Waals surface area contributed by atoms with Gasteiger partial charge in [-0.15, -0.1) is 0 Å². The van der Waals surface area contributed by atoms with Gasteiger partial charge >= 0.3 is 0 Å². The summed E-state index contributed by atoms with van der Waals surface area (Å²) < 4.78 is 0. The SMILES string of the molecule is CC(C)N1CCCC(NC2CCN(C)CC2)C1. The number of hydrogen-bond donors (Lipinski definition) is 1. The lowest BCUT2D eigenvalue weighted by molar-refractivity contribution is 0.137. The average molecular weight is 239 g/mol. The molecule has 0 bridgehead atoms. The Hall–Kier alpha value is -0.120. The van der Waals surface area contributed by atoms with Crippen LogP contribution in [0.5, 0.6) is 0 Å². The molecule has 1 atom stereocenters. The number of hydrogen-bond acceptors (Lipinski definition) is 3. The molecule has 0 aromatic heterocycles. The van der Waals surface area contributed by atoms with E-state index in [1.165, 1.54) is 51.9 Å². The molecule has 1 N–H and O–H groups in total. The summed E-state index contributed by atoms with van der Waals surface area (Å²) >= 11 is 0. The topological polar surface area (TPSA) is 18.5 Å². The van der Waals surface area contributed by atoms with Gasteiger partial charge in [-0.1, -0.05) is 0 Å². The van der Waals surface area contributed by atoms with Crippen molar-refractivity contribution in [2.45, 2.75) is 57.7 Å². The Bertz CT molecular complexity index is 222. The first-order valence-corrected chi connectivity index (χ1v) is 7.34. The van der Waals surface area contributed by atoms with E-state index in [0.29, 0.717) is 6.04 Å². The summed E-state index contributed by atoms with van der Waals surface area (Å²) in [7, 11) is 2.23. The van der Waals surface area contributed by atoms with E-state index >= 15 is 0 Å². The second-order valence-electron chi connectivity index (χ2n) is 6.17. The molecule has 0 radical (unpaired) electrons. The van der Waals surface area contributed by atoms with Gasteiger partial charge in [0.2, 0.25) is 0 Å². The van der Waals surface area contributed by atoms with Crippen molar-refractivity contribution in [2.24, 2.45) is 0 Å². The highest BCUT2D eigenvalue weighted by atomic mass is 15.2. The zero-order valence-electron chi connectivity index (χ0n) is 11.8. The Labute approximate surface area is 107 Å². The van der Waals surface area contributed by atoms with Crippen molar-refractivity contribution < 1.29 is 0 Å². The monoisotopic (exact) mass is 239 g/mol. The summed E-state index contributed by atoms with van der Waals surface area (Å²) in [6.45, 7) is 9.71. The van der Waals surface area contributed by atoms with E-state index in [4.69, 9.17) is 0 Å². The lowest BCUT2D eigenvalue weighted by atomic mass is 9.99. The molecule has 1 unspecified atom stereocenters. The molecule has 2 fully saturated rings. The van der Waals surface area contributed by atoms with Crippen LogP contribution in [0.4, 0.5) is 0 Å². The van der Waals surface area contributed by atoms with Crippen LogP contribution in [0.15, 0.2) is 0 Å². The minimum absolute atomic E-state index is 0.706. The first-order chi connectivity index (χ1) is 8.15. The standard InChI is InChI=1S/C14H29N3/c1-12(2)17-8-4-5-14(11-17)15-13-6-9-16(3)10-7-13/h12-15H,4-11H2,1-3H3. The average Bonchev–Trinajstić information content (AvgIpc) is 2.32. The van der Waals surface area contributed by atoms with Crippen molar-refractivity contribution in [1.29, 1.82) is 0 Å². The second kappa shape index (κ2) is 6.17. The molecule has 3 heteroatoms. The van der Waals surface area contributed by atoms with Crippen molar-refractivity contribution in [3.8, 4) is 0 Å². The summed E-state index contributed by atoms with van der Waals surface area (Å²) in [6, 6.07) is 2.21. The van der Waals surface area contributed by atoms with Crippen molar-refractivity contribution in [3.05, 3.63) is 0 Å². The third kappa shape index (κ3) is 3.94. The van der Waals surface area contributed by atoms with Gasteiger partial charge in [0.1, 0.15) is 0 Å². The van der Waals surface area contributed by atoms with E-state index in [9.17, 15) is 0 Å². The highest BCUT2D eigenvalue weighted by Gasteiger charge is 2.25. The molecule has 3 nitrogen and oxygen atoms in total. The summed E-state index contributed by atoms with van der Waals surface area (Å²) in [5, 5.41) is 3.89. The summed E-state index contributed by atoms with van der Waals surface area (Å²) in [5.74, 6) is 0. The first kappa shape index (κ1) is 13.3. The Morgan fingerprint density at radius 2 is 1.71 bits per heavy atom. The number of nitrogens with one attached hydrogen (secondary N) is 1. The van der Waals surface area contributed by atoms with Gasteiger partial charge in [0.25, 0.3) is 0 Å². The Morgan fingerprint density at radius 1 is 1.00 bits per heavy atom. The van der Waals surface area contributed by atoms with Gasteiger partial charge in [-0.25, -0.2) is 0 Å². The normalized spacial score (nSPS) is 30.0. The van der Waals surface area contributed by atoms with E-state index < -0.39 is 0 Å². The predicted molar refractivity (Wildman–Crippen MR) is 73.4 cm³/mol. The second-order valence-corrected chi connectivity index (χ2v) is 6.17. The quantitative estimate of drug-likeness (QED) is 0.806. The Balaban J connectivity index is 1.75. The number of piperidine rings is 2. The van der Waals surface area contributed by atoms with Crippen LogP contribution in [0, 0.1) is 0 Å².